The third kappa shape index (κ3) is 4.83. The number of hydrogen-bond acceptors (Lipinski definition) is 5. The summed E-state index contributed by atoms with van der Waals surface area (Å²) < 4.78 is 9.85. The van der Waals surface area contributed by atoms with E-state index in [4.69, 9.17) is 16.3 Å². The number of methoxy groups -OCH3 is 2. The van der Waals surface area contributed by atoms with Crippen molar-refractivity contribution in [2.45, 2.75) is 0 Å². The zero-order chi connectivity index (χ0) is 21.7. The first-order valence-corrected chi connectivity index (χ1v) is 9.68. The number of halogens is 1. The van der Waals surface area contributed by atoms with Crippen LogP contribution in [0.5, 0.6) is 5.75 Å². The monoisotopic (exact) mass is 431 g/mol. The third-order valence-electron chi connectivity index (χ3n) is 4.79. The topological polar surface area (TPSA) is 88.2 Å². The minimum atomic E-state index is -0.583. The highest BCUT2D eigenvalue weighted by atomic mass is 35.5. The van der Waals surface area contributed by atoms with Gasteiger partial charge in [0.15, 0.2) is 0 Å². The molecule has 1 N–H and O–H groups in total. The molecule has 0 aliphatic carbocycles. The van der Waals surface area contributed by atoms with Crippen molar-refractivity contribution in [3.8, 4) is 5.75 Å². The highest BCUT2D eigenvalue weighted by Gasteiger charge is 2.25. The maximum atomic E-state index is 12.7. The van der Waals surface area contributed by atoms with Crippen LogP contribution in [0.15, 0.2) is 42.5 Å². The number of nitrogens with one attached hydrogen (secondary N) is 1. The van der Waals surface area contributed by atoms with Crippen molar-refractivity contribution < 1.29 is 23.9 Å². The number of piperazine rings is 1. The molecular weight excluding hydrogens is 410 g/mol. The standard InChI is InChI=1S/C21H22ClN3O5/c1-29-16-5-3-4-14(12-16)19(26)24-8-10-25(11-9-24)21(28)23-15-6-7-18(22)17(13-15)20(27)30-2/h3-7,12-13H,8-11H2,1-2H3,(H,23,28). The Labute approximate surface area is 179 Å². The molecule has 158 valence electrons. The number of esters is 1. The van der Waals surface area contributed by atoms with Gasteiger partial charge in [0.25, 0.3) is 5.91 Å². The fourth-order valence-electron chi connectivity index (χ4n) is 3.12. The highest BCUT2D eigenvalue weighted by Crippen LogP contribution is 2.22. The predicted octanol–water partition coefficient (Wildman–Crippen LogP) is 3.13. The lowest BCUT2D eigenvalue weighted by Crippen LogP contribution is -2.51. The van der Waals surface area contributed by atoms with E-state index in [1.54, 1.807) is 47.2 Å². The van der Waals surface area contributed by atoms with Crippen LogP contribution in [0, 0.1) is 0 Å². The molecule has 2 aromatic carbocycles. The molecule has 30 heavy (non-hydrogen) atoms. The summed E-state index contributed by atoms with van der Waals surface area (Å²) in [6.07, 6.45) is 0. The first-order valence-electron chi connectivity index (χ1n) is 9.30. The van der Waals surface area contributed by atoms with Gasteiger partial charge in [-0.05, 0) is 36.4 Å². The van der Waals surface area contributed by atoms with Gasteiger partial charge in [-0.15, -0.1) is 0 Å². The number of benzene rings is 2. The van der Waals surface area contributed by atoms with Gasteiger partial charge >= 0.3 is 12.0 Å². The third-order valence-corrected chi connectivity index (χ3v) is 5.12. The minimum Gasteiger partial charge on any atom is -0.497 e. The molecule has 0 bridgehead atoms. The first-order chi connectivity index (χ1) is 14.4. The van der Waals surface area contributed by atoms with E-state index in [9.17, 15) is 14.4 Å². The van der Waals surface area contributed by atoms with Crippen LogP contribution in [0.2, 0.25) is 5.02 Å². The lowest BCUT2D eigenvalue weighted by atomic mass is 10.1. The van der Waals surface area contributed by atoms with Gasteiger partial charge < -0.3 is 24.6 Å². The molecule has 3 rings (SSSR count). The summed E-state index contributed by atoms with van der Waals surface area (Å²) >= 11 is 6.00. The Bertz CT molecular complexity index is 957. The van der Waals surface area contributed by atoms with Crippen LogP contribution in [0.1, 0.15) is 20.7 Å². The van der Waals surface area contributed by atoms with Crippen molar-refractivity contribution in [2.24, 2.45) is 0 Å². The van der Waals surface area contributed by atoms with E-state index in [2.05, 4.69) is 10.1 Å². The molecule has 0 unspecified atom stereocenters. The average Bonchev–Trinajstić information content (AvgIpc) is 2.79. The largest absolute Gasteiger partial charge is 0.497 e. The summed E-state index contributed by atoms with van der Waals surface area (Å²) in [6, 6.07) is 11.3. The number of hydrogen-bond donors (Lipinski definition) is 1. The number of ether oxygens (including phenoxy) is 2. The summed E-state index contributed by atoms with van der Waals surface area (Å²) in [6.45, 7) is 1.60. The maximum Gasteiger partial charge on any atom is 0.339 e. The van der Waals surface area contributed by atoms with Crippen LogP contribution in [0.3, 0.4) is 0 Å². The van der Waals surface area contributed by atoms with Gasteiger partial charge in [-0.3, -0.25) is 4.79 Å². The summed E-state index contributed by atoms with van der Waals surface area (Å²) in [4.78, 5) is 40.3. The molecule has 1 aliphatic rings. The molecule has 0 spiro atoms. The van der Waals surface area contributed by atoms with Gasteiger partial charge in [0.05, 0.1) is 24.8 Å². The molecule has 1 heterocycles. The number of anilines is 1. The molecule has 1 aliphatic heterocycles. The number of amides is 3. The Hall–Kier alpha value is -3.26. The van der Waals surface area contributed by atoms with Crippen molar-refractivity contribution in [2.75, 3.05) is 45.7 Å². The molecule has 1 fully saturated rings. The van der Waals surface area contributed by atoms with E-state index in [1.165, 1.54) is 19.2 Å². The van der Waals surface area contributed by atoms with E-state index in [1.807, 2.05) is 0 Å². The van der Waals surface area contributed by atoms with Crippen LogP contribution in [0.25, 0.3) is 0 Å². The smallest absolute Gasteiger partial charge is 0.339 e. The summed E-state index contributed by atoms with van der Waals surface area (Å²) in [7, 11) is 2.81. The second-order valence-electron chi connectivity index (χ2n) is 6.63. The second kappa shape index (κ2) is 9.49. The average molecular weight is 432 g/mol. The molecule has 8 nitrogen and oxygen atoms in total. The Balaban J connectivity index is 1.59. The van der Waals surface area contributed by atoms with Crippen molar-refractivity contribution in [3.05, 3.63) is 58.6 Å². The van der Waals surface area contributed by atoms with Crippen molar-refractivity contribution >= 4 is 35.2 Å². The first kappa shape index (κ1) is 21.4. The van der Waals surface area contributed by atoms with Gasteiger partial charge in [0.2, 0.25) is 0 Å². The number of nitrogens with zero attached hydrogens (tertiary/aromatic N) is 2. The van der Waals surface area contributed by atoms with Crippen molar-refractivity contribution in [1.29, 1.82) is 0 Å². The normalized spacial score (nSPS) is 13.6. The van der Waals surface area contributed by atoms with Gasteiger partial charge in [-0.2, -0.15) is 0 Å². The Morgan fingerprint density at radius 1 is 0.967 bits per heavy atom. The molecule has 2 aromatic rings. The Morgan fingerprint density at radius 3 is 2.33 bits per heavy atom. The van der Waals surface area contributed by atoms with Gasteiger partial charge in [0, 0.05) is 37.4 Å². The van der Waals surface area contributed by atoms with Crippen LogP contribution < -0.4 is 10.1 Å². The second-order valence-corrected chi connectivity index (χ2v) is 7.03. The van der Waals surface area contributed by atoms with E-state index in [-0.39, 0.29) is 22.5 Å². The van der Waals surface area contributed by atoms with E-state index >= 15 is 0 Å². The lowest BCUT2D eigenvalue weighted by molar-refractivity contribution is 0.0600. The summed E-state index contributed by atoms with van der Waals surface area (Å²) in [5, 5.41) is 2.99. The predicted molar refractivity (Wildman–Crippen MR) is 112 cm³/mol. The number of carbonyl (C=O) groups excluding carboxylic acids is 3. The van der Waals surface area contributed by atoms with Crippen LogP contribution in [-0.2, 0) is 4.74 Å². The van der Waals surface area contributed by atoms with Crippen LogP contribution in [0.4, 0.5) is 10.5 Å². The molecule has 0 saturated carbocycles. The fourth-order valence-corrected chi connectivity index (χ4v) is 3.32. The molecular formula is C21H22ClN3O5. The van der Waals surface area contributed by atoms with Gasteiger partial charge in [-0.25, -0.2) is 9.59 Å². The zero-order valence-electron chi connectivity index (χ0n) is 16.7. The molecule has 0 radical (unpaired) electrons. The molecule has 0 atom stereocenters. The number of carbonyl (C=O) groups is 3. The molecule has 3 amide bonds. The van der Waals surface area contributed by atoms with E-state index in [0.29, 0.717) is 43.2 Å². The number of rotatable bonds is 4. The maximum absolute atomic E-state index is 12.7. The zero-order valence-corrected chi connectivity index (χ0v) is 17.4. The molecule has 0 aromatic heterocycles. The van der Waals surface area contributed by atoms with Gasteiger partial charge in [0.1, 0.15) is 5.75 Å². The Morgan fingerprint density at radius 2 is 1.67 bits per heavy atom. The molecule has 1 saturated heterocycles. The van der Waals surface area contributed by atoms with E-state index < -0.39 is 5.97 Å². The van der Waals surface area contributed by atoms with Gasteiger partial charge in [-0.1, -0.05) is 17.7 Å². The number of urea groups is 1. The Kier molecular flexibility index (Phi) is 6.79. The minimum absolute atomic E-state index is 0.102. The van der Waals surface area contributed by atoms with Crippen molar-refractivity contribution in [3.63, 3.8) is 0 Å². The summed E-state index contributed by atoms with van der Waals surface area (Å²) in [5.74, 6) is -0.0664. The van der Waals surface area contributed by atoms with Crippen molar-refractivity contribution in [1.82, 2.24) is 9.80 Å². The highest BCUT2D eigenvalue weighted by molar-refractivity contribution is 6.33. The molecule has 9 heteroatoms. The van der Waals surface area contributed by atoms with E-state index in [0.717, 1.165) is 0 Å². The quantitative estimate of drug-likeness (QED) is 0.751. The summed E-state index contributed by atoms with van der Waals surface area (Å²) in [5.41, 5.74) is 1.15. The lowest BCUT2D eigenvalue weighted by Gasteiger charge is -2.34. The fraction of sp³-hybridized carbons (Fsp3) is 0.286. The van der Waals surface area contributed by atoms with Crippen LogP contribution in [-0.4, -0.2) is 68.1 Å². The van der Waals surface area contributed by atoms with Crippen LogP contribution >= 0.6 is 11.6 Å². The SMILES string of the molecule is COC(=O)c1cc(NC(=O)N2CCN(C(=O)c3cccc(OC)c3)CC2)ccc1Cl.